The van der Waals surface area contributed by atoms with Crippen molar-refractivity contribution in [1.29, 1.82) is 0 Å². The second-order valence-electron chi connectivity index (χ2n) is 14.6. The van der Waals surface area contributed by atoms with Gasteiger partial charge in [-0.25, -0.2) is 4.39 Å². The number of alkyl halides is 6. The molecular formula is C40H48F7N3O5. The molecule has 4 rings (SSSR count). The number of carbonyl (C=O) groups excluding carboxylic acids is 2. The smallest absolute Gasteiger partial charge is 0.419 e. The minimum atomic E-state index is -5.18. The van der Waals surface area contributed by atoms with Gasteiger partial charge in [-0.1, -0.05) is 26.0 Å². The van der Waals surface area contributed by atoms with E-state index in [1.165, 1.54) is 6.92 Å². The Kier molecular flexibility index (Phi) is 14.0. The van der Waals surface area contributed by atoms with E-state index >= 15 is 4.39 Å². The van der Waals surface area contributed by atoms with Crippen LogP contribution in [0.4, 0.5) is 30.7 Å². The van der Waals surface area contributed by atoms with Crippen LogP contribution < -0.4 is 10.9 Å². The van der Waals surface area contributed by atoms with Crippen molar-refractivity contribution in [2.24, 2.45) is 11.8 Å². The summed E-state index contributed by atoms with van der Waals surface area (Å²) in [6.45, 7) is 11.9. The summed E-state index contributed by atoms with van der Waals surface area (Å²) in [5, 5.41) is 2.49. The number of halogens is 7. The second kappa shape index (κ2) is 17.7. The molecule has 0 spiro atoms. The van der Waals surface area contributed by atoms with Gasteiger partial charge in [0.15, 0.2) is 0 Å². The third kappa shape index (κ3) is 10.5. The molecule has 2 aromatic carbocycles. The first-order chi connectivity index (χ1) is 25.7. The summed E-state index contributed by atoms with van der Waals surface area (Å²) in [6, 6.07) is 2.54. The summed E-state index contributed by atoms with van der Waals surface area (Å²) in [7, 11) is 1.56. The minimum Gasteiger partial charge on any atom is -0.466 e. The first-order valence-corrected chi connectivity index (χ1v) is 18.1. The topological polar surface area (TPSA) is 89.9 Å². The minimum absolute atomic E-state index is 0.0105. The van der Waals surface area contributed by atoms with Crippen molar-refractivity contribution in [1.82, 2.24) is 14.8 Å². The quantitative estimate of drug-likeness (QED) is 0.124. The summed E-state index contributed by atoms with van der Waals surface area (Å²) in [4.78, 5) is 42.5. The molecule has 8 nitrogen and oxygen atoms in total. The van der Waals surface area contributed by atoms with Crippen molar-refractivity contribution < 1.29 is 49.8 Å². The maximum Gasteiger partial charge on any atom is 0.419 e. The number of ether oxygens (including phenoxy) is 2. The number of carbonyl (C=O) groups is 2. The lowest BCUT2D eigenvalue weighted by molar-refractivity contribution is -0.144. The average molecular weight is 784 g/mol. The number of nitrogens with one attached hydrogen (secondary N) is 1. The van der Waals surface area contributed by atoms with Crippen molar-refractivity contribution in [3.63, 3.8) is 0 Å². The van der Waals surface area contributed by atoms with Crippen LogP contribution in [0.5, 0.6) is 0 Å². The molecule has 2 heterocycles. The molecule has 15 heteroatoms. The number of esters is 1. The summed E-state index contributed by atoms with van der Waals surface area (Å²) >= 11 is 0. The largest absolute Gasteiger partial charge is 0.466 e. The molecule has 0 radical (unpaired) electrons. The summed E-state index contributed by atoms with van der Waals surface area (Å²) in [5.41, 5.74) is -2.41. The molecule has 0 bridgehead atoms. The third-order valence-corrected chi connectivity index (χ3v) is 9.94. The number of aryl methyl sites for hydroxylation is 2. The first-order valence-electron chi connectivity index (χ1n) is 18.1. The van der Waals surface area contributed by atoms with Gasteiger partial charge in [0.05, 0.1) is 36.8 Å². The number of hydrogen-bond donors (Lipinski definition) is 1. The van der Waals surface area contributed by atoms with Crippen LogP contribution >= 0.6 is 0 Å². The third-order valence-electron chi connectivity index (χ3n) is 9.94. The normalized spacial score (nSPS) is 15.2. The van der Waals surface area contributed by atoms with E-state index in [0.29, 0.717) is 48.5 Å². The van der Waals surface area contributed by atoms with Crippen LogP contribution in [-0.2, 0) is 37.8 Å². The lowest BCUT2D eigenvalue weighted by Crippen LogP contribution is -2.49. The number of nitrogens with zero attached hydrogens (tertiary/aromatic N) is 2. The highest BCUT2D eigenvalue weighted by atomic mass is 19.4. The van der Waals surface area contributed by atoms with Crippen LogP contribution in [0.15, 0.2) is 41.3 Å². The highest BCUT2D eigenvalue weighted by molar-refractivity contribution is 5.82. The fraction of sp³-hybridized carbons (Fsp3) is 0.525. The van der Waals surface area contributed by atoms with Crippen LogP contribution in [0.25, 0.3) is 11.1 Å². The van der Waals surface area contributed by atoms with Crippen molar-refractivity contribution in [3.8, 4) is 11.1 Å². The number of pyridine rings is 1. The Morgan fingerprint density at radius 1 is 0.964 bits per heavy atom. The molecule has 3 aromatic rings. The molecule has 1 aliphatic rings. The van der Waals surface area contributed by atoms with Crippen molar-refractivity contribution in [3.05, 3.63) is 91.6 Å². The van der Waals surface area contributed by atoms with Gasteiger partial charge in [-0.3, -0.25) is 14.4 Å². The van der Waals surface area contributed by atoms with Crippen molar-refractivity contribution in [2.45, 2.75) is 85.2 Å². The number of amides is 1. The standard InChI is InChI=1S/C40H48F7N3O5/c1-8-55-35(52)17-32(29-14-28(15-31(37(29)41)40(45,46)47)36-24(5)10-9-23(4)25(36)6)48-38(53)33(13-22(2)3)50-20-27(30(16-34(50)51)39(42,43)44)11-12-49-18-26(19-49)21-54-7/h9-10,14-16,20,22,26,32-33H,8,11-13,17-19,21H2,1-7H3,(H,48,53)/t32-,33?/m0/s1. The monoisotopic (exact) mass is 783 g/mol. The molecular weight excluding hydrogens is 735 g/mol. The molecule has 1 amide bonds. The maximum atomic E-state index is 16.1. The number of methoxy groups -OCH3 is 1. The van der Waals surface area contributed by atoms with Gasteiger partial charge < -0.3 is 24.3 Å². The van der Waals surface area contributed by atoms with E-state index in [-0.39, 0.29) is 49.0 Å². The van der Waals surface area contributed by atoms with Gasteiger partial charge in [-0.2, -0.15) is 26.3 Å². The Labute approximate surface area is 316 Å². The van der Waals surface area contributed by atoms with E-state index in [4.69, 9.17) is 9.47 Å². The zero-order valence-corrected chi connectivity index (χ0v) is 32.0. The van der Waals surface area contributed by atoms with Crippen molar-refractivity contribution >= 4 is 11.9 Å². The fourth-order valence-electron chi connectivity index (χ4n) is 7.11. The van der Waals surface area contributed by atoms with Gasteiger partial charge in [0, 0.05) is 50.5 Å². The van der Waals surface area contributed by atoms with E-state index in [0.717, 1.165) is 22.4 Å². The maximum absolute atomic E-state index is 16.1. The molecule has 1 fully saturated rings. The molecule has 1 unspecified atom stereocenters. The number of rotatable bonds is 15. The average Bonchev–Trinajstić information content (AvgIpc) is 3.06. The Morgan fingerprint density at radius 2 is 1.60 bits per heavy atom. The molecule has 1 saturated heterocycles. The lowest BCUT2D eigenvalue weighted by atomic mass is 9.88. The summed E-state index contributed by atoms with van der Waals surface area (Å²) in [5.74, 6) is -3.77. The van der Waals surface area contributed by atoms with Crippen molar-refractivity contribution in [2.75, 3.05) is 40.0 Å². The van der Waals surface area contributed by atoms with E-state index in [1.807, 2.05) is 4.90 Å². The molecule has 1 aromatic heterocycles. The van der Waals surface area contributed by atoms with Crippen LogP contribution in [0.1, 0.15) is 84.6 Å². The van der Waals surface area contributed by atoms with Gasteiger partial charge in [-0.05, 0) is 92.0 Å². The van der Waals surface area contributed by atoms with Gasteiger partial charge in [0.1, 0.15) is 11.9 Å². The van der Waals surface area contributed by atoms with E-state index in [2.05, 4.69) is 5.32 Å². The van der Waals surface area contributed by atoms with Gasteiger partial charge in [-0.15, -0.1) is 0 Å². The molecule has 0 saturated carbocycles. The summed E-state index contributed by atoms with van der Waals surface area (Å²) in [6.07, 6.45) is -10.0. The highest BCUT2D eigenvalue weighted by Crippen LogP contribution is 2.41. The second-order valence-corrected chi connectivity index (χ2v) is 14.6. The number of hydrogen-bond acceptors (Lipinski definition) is 6. The predicted octanol–water partition coefficient (Wildman–Crippen LogP) is 8.14. The van der Waals surface area contributed by atoms with Crippen LogP contribution in [0, 0.1) is 38.4 Å². The number of benzene rings is 2. The van der Waals surface area contributed by atoms with E-state index < -0.39 is 70.8 Å². The van der Waals surface area contributed by atoms with E-state index in [9.17, 15) is 40.7 Å². The lowest BCUT2D eigenvalue weighted by Gasteiger charge is -2.39. The molecule has 2 atom stereocenters. The zero-order chi connectivity index (χ0) is 41.0. The highest BCUT2D eigenvalue weighted by Gasteiger charge is 2.39. The fourth-order valence-corrected chi connectivity index (χ4v) is 7.11. The number of likely N-dealkylation sites (tertiary alicyclic amines) is 1. The first kappa shape index (κ1) is 43.5. The Bertz CT molecular complexity index is 1920. The molecule has 302 valence electrons. The molecule has 1 N–H and O–H groups in total. The van der Waals surface area contributed by atoms with Gasteiger partial charge >= 0.3 is 18.3 Å². The SMILES string of the molecule is CCOC(=O)C[C@H](NC(=O)C(CC(C)C)n1cc(CCN2CC(COC)C2)c(C(F)(F)F)cc1=O)c1cc(-c2c(C)ccc(C)c2C)cc(C(F)(F)F)c1F. The van der Waals surface area contributed by atoms with Crippen LogP contribution in [0.2, 0.25) is 0 Å². The number of aromatic nitrogens is 1. The Balaban J connectivity index is 1.83. The van der Waals surface area contributed by atoms with Crippen LogP contribution in [-0.4, -0.2) is 61.3 Å². The van der Waals surface area contributed by atoms with Gasteiger partial charge in [0.2, 0.25) is 5.91 Å². The van der Waals surface area contributed by atoms with Gasteiger partial charge in [0.25, 0.3) is 5.56 Å². The van der Waals surface area contributed by atoms with E-state index in [1.54, 1.807) is 53.9 Å². The molecule has 1 aliphatic heterocycles. The zero-order valence-electron chi connectivity index (χ0n) is 32.0. The molecule has 55 heavy (non-hydrogen) atoms. The van der Waals surface area contributed by atoms with Crippen LogP contribution in [0.3, 0.4) is 0 Å². The summed E-state index contributed by atoms with van der Waals surface area (Å²) < 4.78 is 113. The Morgan fingerprint density at radius 3 is 2.18 bits per heavy atom. The Hall–Kier alpha value is -4.24. The molecule has 0 aliphatic carbocycles. The predicted molar refractivity (Wildman–Crippen MR) is 193 cm³/mol.